The molecule has 1 aromatic heterocycles. The summed E-state index contributed by atoms with van der Waals surface area (Å²) in [6.45, 7) is 1.88. The first-order valence-electron chi connectivity index (χ1n) is 11.3. The van der Waals surface area contributed by atoms with Gasteiger partial charge in [-0.15, -0.1) is 0 Å². The summed E-state index contributed by atoms with van der Waals surface area (Å²) >= 11 is 0. The quantitative estimate of drug-likeness (QED) is 0.320. The Balaban J connectivity index is 1.53. The average Bonchev–Trinajstić information content (AvgIpc) is 3.19. The Bertz CT molecular complexity index is 1270. The van der Waals surface area contributed by atoms with Crippen LogP contribution in [0, 0.1) is 10.1 Å². The standard InChI is InChI=1S/C24H23F3N4O5/c1-2-35-17-7-9-18(10-8-17)36-19-12-15(11-16(13-19)31(33)34)28-22(32)14-30-21-6-4-3-5-20(21)23(29-30)24(25,26)27/h7-13H,2-6,14H2,1H3,(H,28,32). The van der Waals surface area contributed by atoms with Crippen LogP contribution in [0.4, 0.5) is 24.5 Å². The van der Waals surface area contributed by atoms with Gasteiger partial charge in [0.2, 0.25) is 5.91 Å². The summed E-state index contributed by atoms with van der Waals surface area (Å²) in [4.78, 5) is 23.5. The number of nitro groups is 1. The van der Waals surface area contributed by atoms with Gasteiger partial charge in [-0.1, -0.05) is 0 Å². The number of carbonyl (C=O) groups is 1. The normalized spacial score (nSPS) is 13.1. The average molecular weight is 504 g/mol. The van der Waals surface area contributed by atoms with E-state index in [-0.39, 0.29) is 29.1 Å². The summed E-state index contributed by atoms with van der Waals surface area (Å²) in [5.41, 5.74) is -0.714. The zero-order chi connectivity index (χ0) is 25.9. The van der Waals surface area contributed by atoms with Gasteiger partial charge < -0.3 is 14.8 Å². The number of alkyl halides is 3. The summed E-state index contributed by atoms with van der Waals surface area (Å²) in [7, 11) is 0. The third-order valence-corrected chi connectivity index (χ3v) is 5.58. The lowest BCUT2D eigenvalue weighted by molar-refractivity contribution is -0.384. The maximum absolute atomic E-state index is 13.4. The van der Waals surface area contributed by atoms with Crippen LogP contribution in [-0.4, -0.2) is 27.2 Å². The van der Waals surface area contributed by atoms with Crippen LogP contribution in [0.25, 0.3) is 0 Å². The molecule has 0 spiro atoms. The summed E-state index contributed by atoms with van der Waals surface area (Å²) in [5.74, 6) is 0.442. The van der Waals surface area contributed by atoms with Gasteiger partial charge in [-0.25, -0.2) is 0 Å². The van der Waals surface area contributed by atoms with Gasteiger partial charge in [-0.3, -0.25) is 19.6 Å². The molecule has 3 aromatic rings. The fourth-order valence-electron chi connectivity index (χ4n) is 4.09. The Hall–Kier alpha value is -4.09. The first kappa shape index (κ1) is 25.0. The highest BCUT2D eigenvalue weighted by Crippen LogP contribution is 2.36. The van der Waals surface area contributed by atoms with Crippen molar-refractivity contribution in [2.24, 2.45) is 0 Å². The topological polar surface area (TPSA) is 109 Å². The second kappa shape index (κ2) is 10.3. The molecule has 4 rings (SSSR count). The van der Waals surface area contributed by atoms with Gasteiger partial charge in [-0.05, 0) is 56.9 Å². The fourth-order valence-corrected chi connectivity index (χ4v) is 4.09. The maximum atomic E-state index is 13.4. The van der Waals surface area contributed by atoms with Crippen molar-refractivity contribution in [3.8, 4) is 17.2 Å². The smallest absolute Gasteiger partial charge is 0.435 e. The number of nitrogens with zero attached hydrogens (tertiary/aromatic N) is 3. The fraction of sp³-hybridized carbons (Fsp3) is 0.333. The van der Waals surface area contributed by atoms with E-state index in [4.69, 9.17) is 9.47 Å². The number of carbonyl (C=O) groups excluding carboxylic acids is 1. The van der Waals surface area contributed by atoms with Gasteiger partial charge in [0.1, 0.15) is 23.8 Å². The van der Waals surface area contributed by atoms with E-state index in [9.17, 15) is 28.1 Å². The molecule has 12 heteroatoms. The van der Waals surface area contributed by atoms with Crippen LogP contribution >= 0.6 is 0 Å². The molecule has 1 N–H and O–H groups in total. The Kier molecular flexibility index (Phi) is 7.13. The second-order valence-corrected chi connectivity index (χ2v) is 8.16. The third kappa shape index (κ3) is 5.75. The second-order valence-electron chi connectivity index (χ2n) is 8.16. The number of nitro benzene ring substituents is 1. The zero-order valence-electron chi connectivity index (χ0n) is 19.3. The Labute approximate surface area is 204 Å². The number of rotatable bonds is 8. The summed E-state index contributed by atoms with van der Waals surface area (Å²) in [6.07, 6.45) is -2.64. The molecule has 0 bridgehead atoms. The first-order chi connectivity index (χ1) is 17.1. The van der Waals surface area contributed by atoms with Gasteiger partial charge in [0.05, 0.1) is 23.3 Å². The van der Waals surface area contributed by atoms with E-state index in [1.54, 1.807) is 24.3 Å². The number of amides is 1. The van der Waals surface area contributed by atoms with Crippen molar-refractivity contribution in [1.82, 2.24) is 9.78 Å². The van der Waals surface area contributed by atoms with Crippen molar-refractivity contribution >= 4 is 17.3 Å². The number of fused-ring (bicyclic) bond motifs is 1. The summed E-state index contributed by atoms with van der Waals surface area (Å²) in [6, 6.07) is 10.3. The molecule has 1 heterocycles. The van der Waals surface area contributed by atoms with Crippen molar-refractivity contribution < 1.29 is 32.4 Å². The van der Waals surface area contributed by atoms with E-state index in [1.807, 2.05) is 6.92 Å². The van der Waals surface area contributed by atoms with E-state index in [0.29, 0.717) is 43.1 Å². The Morgan fingerprint density at radius 2 is 1.81 bits per heavy atom. The number of ether oxygens (including phenoxy) is 2. The number of hydrogen-bond donors (Lipinski definition) is 1. The molecule has 1 amide bonds. The summed E-state index contributed by atoms with van der Waals surface area (Å²) < 4.78 is 52.4. The highest BCUT2D eigenvalue weighted by Gasteiger charge is 2.39. The SMILES string of the molecule is CCOc1ccc(Oc2cc(NC(=O)Cn3nc(C(F)(F)F)c4c3CCCC4)cc([N+](=O)[O-])c2)cc1. The van der Waals surface area contributed by atoms with Crippen LogP contribution in [0.2, 0.25) is 0 Å². The predicted octanol–water partition coefficient (Wildman–Crippen LogP) is 5.52. The van der Waals surface area contributed by atoms with Crippen molar-refractivity contribution in [3.05, 3.63) is 69.5 Å². The minimum atomic E-state index is -4.61. The van der Waals surface area contributed by atoms with E-state index in [2.05, 4.69) is 10.4 Å². The lowest BCUT2D eigenvalue weighted by Gasteiger charge is -2.15. The van der Waals surface area contributed by atoms with Crippen LogP contribution < -0.4 is 14.8 Å². The van der Waals surface area contributed by atoms with Crippen molar-refractivity contribution in [2.75, 3.05) is 11.9 Å². The zero-order valence-corrected chi connectivity index (χ0v) is 19.3. The Morgan fingerprint density at radius 1 is 1.11 bits per heavy atom. The Morgan fingerprint density at radius 3 is 2.47 bits per heavy atom. The van der Waals surface area contributed by atoms with Gasteiger partial charge in [0.15, 0.2) is 5.69 Å². The van der Waals surface area contributed by atoms with Crippen LogP contribution in [0.3, 0.4) is 0 Å². The molecule has 0 atom stereocenters. The number of nitrogens with one attached hydrogen (secondary N) is 1. The molecule has 1 aliphatic rings. The van der Waals surface area contributed by atoms with Crippen LogP contribution in [-0.2, 0) is 30.4 Å². The molecule has 190 valence electrons. The first-order valence-corrected chi connectivity index (χ1v) is 11.3. The van der Waals surface area contributed by atoms with Gasteiger partial charge in [0.25, 0.3) is 5.69 Å². The molecule has 2 aromatic carbocycles. The lowest BCUT2D eigenvalue weighted by atomic mass is 9.95. The monoisotopic (exact) mass is 504 g/mol. The van der Waals surface area contributed by atoms with Crippen LogP contribution in [0.15, 0.2) is 42.5 Å². The molecule has 1 aliphatic carbocycles. The molecule has 0 saturated carbocycles. The van der Waals surface area contributed by atoms with E-state index in [1.165, 1.54) is 12.1 Å². The van der Waals surface area contributed by atoms with Crippen LogP contribution in [0.1, 0.15) is 36.7 Å². The van der Waals surface area contributed by atoms with Gasteiger partial charge >= 0.3 is 6.18 Å². The van der Waals surface area contributed by atoms with Crippen molar-refractivity contribution in [3.63, 3.8) is 0 Å². The summed E-state index contributed by atoms with van der Waals surface area (Å²) in [5, 5.41) is 17.6. The van der Waals surface area contributed by atoms with E-state index >= 15 is 0 Å². The third-order valence-electron chi connectivity index (χ3n) is 5.58. The number of halogens is 3. The highest BCUT2D eigenvalue weighted by atomic mass is 19.4. The number of non-ortho nitro benzene ring substituents is 1. The largest absolute Gasteiger partial charge is 0.494 e. The van der Waals surface area contributed by atoms with E-state index < -0.39 is 29.2 Å². The minimum absolute atomic E-state index is 0.0622. The molecular weight excluding hydrogens is 481 g/mol. The molecule has 36 heavy (non-hydrogen) atoms. The molecule has 0 fully saturated rings. The molecule has 0 saturated heterocycles. The lowest BCUT2D eigenvalue weighted by Crippen LogP contribution is -2.22. The van der Waals surface area contributed by atoms with Crippen LogP contribution in [0.5, 0.6) is 17.2 Å². The maximum Gasteiger partial charge on any atom is 0.435 e. The molecule has 0 aliphatic heterocycles. The van der Waals surface area contributed by atoms with Gasteiger partial charge in [-0.2, -0.15) is 18.3 Å². The van der Waals surface area contributed by atoms with Crippen molar-refractivity contribution in [2.45, 2.75) is 45.3 Å². The molecule has 0 radical (unpaired) electrons. The number of aromatic nitrogens is 2. The molecule has 9 nitrogen and oxygen atoms in total. The number of anilines is 1. The minimum Gasteiger partial charge on any atom is -0.494 e. The van der Waals surface area contributed by atoms with Gasteiger partial charge in [0, 0.05) is 23.4 Å². The molecular formula is C24H23F3N4O5. The van der Waals surface area contributed by atoms with E-state index in [0.717, 1.165) is 10.7 Å². The molecule has 0 unspecified atom stereocenters. The van der Waals surface area contributed by atoms with Crippen molar-refractivity contribution in [1.29, 1.82) is 0 Å². The highest BCUT2D eigenvalue weighted by molar-refractivity contribution is 5.91. The number of hydrogen-bond acceptors (Lipinski definition) is 6. The number of benzene rings is 2. The predicted molar refractivity (Wildman–Crippen MR) is 123 cm³/mol.